The second-order valence-electron chi connectivity index (χ2n) is 2.57. The number of benzene rings is 1. The Morgan fingerprint density at radius 3 is 3.08 bits per heavy atom. The van der Waals surface area contributed by atoms with Crippen molar-refractivity contribution in [3.05, 3.63) is 27.7 Å². The summed E-state index contributed by atoms with van der Waals surface area (Å²) in [5.74, 6) is 0. The molecule has 4 heteroatoms. The average molecular weight is 256 g/mol. The van der Waals surface area contributed by atoms with Gasteiger partial charge >= 0.3 is 0 Å². The van der Waals surface area contributed by atoms with Gasteiger partial charge in [0.2, 0.25) is 0 Å². The fraction of sp³-hybridized carbons (Fsp3) is 0.111. The van der Waals surface area contributed by atoms with E-state index in [9.17, 15) is 4.79 Å². The van der Waals surface area contributed by atoms with Crippen LogP contribution in [0.1, 0.15) is 5.01 Å². The minimum Gasteiger partial charge on any atom is -0.303 e. The molecule has 0 saturated carbocycles. The molecule has 0 N–H and O–H groups in total. The molecular formula is C9H6BrNOS. The molecule has 0 aliphatic carbocycles. The Morgan fingerprint density at radius 1 is 1.54 bits per heavy atom. The maximum absolute atomic E-state index is 10.3. The molecule has 13 heavy (non-hydrogen) atoms. The lowest BCUT2D eigenvalue weighted by Crippen LogP contribution is -1.81. The summed E-state index contributed by atoms with van der Waals surface area (Å²) >= 11 is 5.00. The third-order valence-corrected chi connectivity index (χ3v) is 3.72. The zero-order valence-corrected chi connectivity index (χ0v) is 9.06. The Labute approximate surface area is 87.7 Å². The zero-order valence-electron chi connectivity index (χ0n) is 6.66. The predicted molar refractivity (Wildman–Crippen MR) is 57.1 cm³/mol. The van der Waals surface area contributed by atoms with E-state index < -0.39 is 0 Å². The van der Waals surface area contributed by atoms with Crippen LogP contribution in [0.15, 0.2) is 22.7 Å². The Morgan fingerprint density at radius 2 is 2.38 bits per heavy atom. The quantitative estimate of drug-likeness (QED) is 0.773. The summed E-state index contributed by atoms with van der Waals surface area (Å²) in [5.41, 5.74) is 0.955. The van der Waals surface area contributed by atoms with Crippen molar-refractivity contribution >= 4 is 43.8 Å². The van der Waals surface area contributed by atoms with Crippen molar-refractivity contribution in [3.8, 4) is 0 Å². The van der Waals surface area contributed by atoms with Gasteiger partial charge in [-0.1, -0.05) is 6.07 Å². The lowest BCUT2D eigenvalue weighted by Gasteiger charge is -1.88. The first-order valence-corrected chi connectivity index (χ1v) is 5.40. The number of aromatic nitrogens is 1. The number of thiazole rings is 1. The Kier molecular flexibility index (Phi) is 2.42. The highest BCUT2D eigenvalue weighted by atomic mass is 79.9. The summed E-state index contributed by atoms with van der Waals surface area (Å²) in [6.07, 6.45) is 1.29. The zero-order chi connectivity index (χ0) is 9.26. The largest absolute Gasteiger partial charge is 0.303 e. The number of hydrogen-bond acceptors (Lipinski definition) is 3. The summed E-state index contributed by atoms with van der Waals surface area (Å²) in [6.45, 7) is 0. The fourth-order valence-corrected chi connectivity index (χ4v) is 2.63. The van der Waals surface area contributed by atoms with Gasteiger partial charge in [-0.15, -0.1) is 11.3 Å². The van der Waals surface area contributed by atoms with E-state index in [0.717, 1.165) is 26.0 Å². The second-order valence-corrected chi connectivity index (χ2v) is 4.50. The fourth-order valence-electron chi connectivity index (χ4n) is 1.12. The van der Waals surface area contributed by atoms with Gasteiger partial charge in [0.25, 0.3) is 0 Å². The topological polar surface area (TPSA) is 30.0 Å². The molecule has 0 fully saturated rings. The molecule has 2 aromatic rings. The number of aldehydes is 1. The highest BCUT2D eigenvalue weighted by Crippen LogP contribution is 2.29. The molecule has 0 radical (unpaired) electrons. The maximum atomic E-state index is 10.3. The first-order valence-electron chi connectivity index (χ1n) is 3.79. The van der Waals surface area contributed by atoms with Crippen LogP contribution in [0.3, 0.4) is 0 Å². The van der Waals surface area contributed by atoms with Crippen LogP contribution in [0.5, 0.6) is 0 Å². The smallest absolute Gasteiger partial charge is 0.126 e. The molecule has 0 amide bonds. The van der Waals surface area contributed by atoms with E-state index in [4.69, 9.17) is 0 Å². The lowest BCUT2D eigenvalue weighted by molar-refractivity contribution is -0.107. The van der Waals surface area contributed by atoms with Crippen LogP contribution in [-0.2, 0) is 11.2 Å². The van der Waals surface area contributed by atoms with Crippen molar-refractivity contribution in [3.63, 3.8) is 0 Å². The van der Waals surface area contributed by atoms with Crippen LogP contribution < -0.4 is 0 Å². The molecular weight excluding hydrogens is 250 g/mol. The summed E-state index contributed by atoms with van der Waals surface area (Å²) in [6, 6.07) is 5.87. The van der Waals surface area contributed by atoms with Gasteiger partial charge in [-0.05, 0) is 28.1 Å². The molecule has 1 aromatic carbocycles. The van der Waals surface area contributed by atoms with Gasteiger partial charge in [-0.25, -0.2) is 4.98 Å². The van der Waals surface area contributed by atoms with Crippen LogP contribution in [0, 0.1) is 0 Å². The molecule has 2 rings (SSSR count). The van der Waals surface area contributed by atoms with Gasteiger partial charge in [0, 0.05) is 4.47 Å². The third-order valence-electron chi connectivity index (χ3n) is 1.67. The van der Waals surface area contributed by atoms with Gasteiger partial charge in [0.15, 0.2) is 0 Å². The number of carbonyl (C=O) groups is 1. The summed E-state index contributed by atoms with van der Waals surface area (Å²) in [5, 5.41) is 0.872. The standard InChI is InChI=1S/C9H6BrNOS/c10-6-2-1-3-7-9(6)13-8(11-7)4-5-12/h1-3,5H,4H2. The van der Waals surface area contributed by atoms with E-state index in [1.165, 1.54) is 0 Å². The third kappa shape index (κ3) is 1.64. The number of fused-ring (bicyclic) bond motifs is 1. The monoisotopic (exact) mass is 255 g/mol. The molecule has 1 aromatic heterocycles. The van der Waals surface area contributed by atoms with Gasteiger partial charge in [-0.3, -0.25) is 0 Å². The predicted octanol–water partition coefficient (Wildman–Crippen LogP) is 2.80. The molecule has 0 spiro atoms. The van der Waals surface area contributed by atoms with Crippen molar-refractivity contribution in [2.45, 2.75) is 6.42 Å². The van der Waals surface area contributed by atoms with Crippen LogP contribution >= 0.6 is 27.3 Å². The molecule has 0 atom stereocenters. The van der Waals surface area contributed by atoms with E-state index >= 15 is 0 Å². The van der Waals surface area contributed by atoms with Crippen LogP contribution in [-0.4, -0.2) is 11.3 Å². The molecule has 66 valence electrons. The summed E-state index contributed by atoms with van der Waals surface area (Å²) in [7, 11) is 0. The Bertz CT molecular complexity index is 452. The lowest BCUT2D eigenvalue weighted by atomic mass is 10.3. The van der Waals surface area contributed by atoms with E-state index in [1.54, 1.807) is 11.3 Å². The minimum absolute atomic E-state index is 0.409. The van der Waals surface area contributed by atoms with E-state index in [2.05, 4.69) is 20.9 Å². The van der Waals surface area contributed by atoms with E-state index in [-0.39, 0.29) is 0 Å². The molecule has 1 heterocycles. The Balaban J connectivity index is 2.61. The van der Waals surface area contributed by atoms with Gasteiger partial charge in [0.1, 0.15) is 11.3 Å². The SMILES string of the molecule is O=CCc1nc2cccc(Br)c2s1. The van der Waals surface area contributed by atoms with Crippen molar-refractivity contribution in [2.24, 2.45) is 0 Å². The van der Waals surface area contributed by atoms with Crippen LogP contribution in [0.4, 0.5) is 0 Å². The number of hydrogen-bond donors (Lipinski definition) is 0. The van der Waals surface area contributed by atoms with E-state index in [1.807, 2.05) is 18.2 Å². The molecule has 2 nitrogen and oxygen atoms in total. The number of carbonyl (C=O) groups excluding carboxylic acids is 1. The second kappa shape index (κ2) is 3.55. The molecule has 0 aliphatic heterocycles. The molecule has 0 saturated heterocycles. The number of rotatable bonds is 2. The maximum Gasteiger partial charge on any atom is 0.126 e. The first-order chi connectivity index (χ1) is 6.31. The van der Waals surface area contributed by atoms with Crippen molar-refractivity contribution in [2.75, 3.05) is 0 Å². The summed E-state index contributed by atoms with van der Waals surface area (Å²) < 4.78 is 2.15. The average Bonchev–Trinajstić information content (AvgIpc) is 2.49. The van der Waals surface area contributed by atoms with Crippen LogP contribution in [0.2, 0.25) is 0 Å². The highest BCUT2D eigenvalue weighted by molar-refractivity contribution is 9.10. The van der Waals surface area contributed by atoms with Gasteiger partial charge < -0.3 is 4.79 Å². The van der Waals surface area contributed by atoms with Crippen molar-refractivity contribution < 1.29 is 4.79 Å². The van der Waals surface area contributed by atoms with E-state index in [0.29, 0.717) is 6.42 Å². The number of halogens is 1. The summed E-state index contributed by atoms with van der Waals surface area (Å²) in [4.78, 5) is 14.6. The normalized spacial score (nSPS) is 10.5. The van der Waals surface area contributed by atoms with Crippen molar-refractivity contribution in [1.82, 2.24) is 4.98 Å². The Hall–Kier alpha value is -0.740. The highest BCUT2D eigenvalue weighted by Gasteiger charge is 2.05. The first kappa shape index (κ1) is 8.84. The van der Waals surface area contributed by atoms with Gasteiger partial charge in [0.05, 0.1) is 16.6 Å². The number of nitrogens with zero attached hydrogens (tertiary/aromatic N) is 1. The van der Waals surface area contributed by atoms with Crippen LogP contribution in [0.25, 0.3) is 10.2 Å². The molecule has 0 aliphatic rings. The molecule has 0 bridgehead atoms. The minimum atomic E-state index is 0.409. The van der Waals surface area contributed by atoms with Gasteiger partial charge in [-0.2, -0.15) is 0 Å². The van der Waals surface area contributed by atoms with Crippen molar-refractivity contribution in [1.29, 1.82) is 0 Å². The molecule has 0 unspecified atom stereocenters.